The van der Waals surface area contributed by atoms with Gasteiger partial charge in [0, 0.05) is 23.4 Å². The van der Waals surface area contributed by atoms with Crippen LogP contribution in [0, 0.1) is 3.15 Å². The first-order valence-electron chi connectivity index (χ1n) is 14.8. The fraction of sp³-hybridized carbons (Fsp3) is 0. The van der Waals surface area contributed by atoms with Gasteiger partial charge in [-0.2, -0.15) is 0 Å². The number of rotatable bonds is 6. The van der Waals surface area contributed by atoms with Crippen molar-refractivity contribution >= 4 is 30.0 Å². The Labute approximate surface area is 271 Å². The van der Waals surface area contributed by atoms with Gasteiger partial charge in [0.05, 0.1) is 11.1 Å². The minimum Gasteiger partial charge on any atom is -0.321 e. The van der Waals surface area contributed by atoms with Gasteiger partial charge in [-0.15, -0.1) is 10.2 Å². The van der Waals surface area contributed by atoms with Crippen molar-refractivity contribution in [2.45, 2.75) is 0 Å². The van der Waals surface area contributed by atoms with Gasteiger partial charge in [0.1, 0.15) is 0 Å². The van der Waals surface area contributed by atoms with Gasteiger partial charge in [0.15, 0.2) is 11.6 Å². The number of benzene rings is 6. The van der Waals surface area contributed by atoms with Crippen LogP contribution in [0.1, 0.15) is 11.1 Å². The number of nitrogens with one attached hydrogen (secondary N) is 1. The maximum Gasteiger partial charge on any atom is 0.161 e. The molecule has 2 heterocycles. The molecule has 0 radical (unpaired) electrons. The summed E-state index contributed by atoms with van der Waals surface area (Å²) in [6, 6.07) is 55.4. The van der Waals surface area contributed by atoms with Crippen LogP contribution in [-0.4, -0.2) is 15.2 Å². The van der Waals surface area contributed by atoms with Gasteiger partial charge >= 0.3 is 0 Å². The molecule has 0 amide bonds. The molecule has 0 saturated heterocycles. The number of halogens is 1. The number of H-pyrrole nitrogens is 1. The fourth-order valence-electron chi connectivity index (χ4n) is 5.61. The van der Waals surface area contributed by atoms with Crippen molar-refractivity contribution in [2.75, 3.05) is 0 Å². The molecule has 5 heteroatoms. The molecule has 7 aromatic rings. The van der Waals surface area contributed by atoms with Gasteiger partial charge in [-0.1, -0.05) is 166 Å². The summed E-state index contributed by atoms with van der Waals surface area (Å²) in [5, 5.41) is 9.82. The minimum absolute atomic E-state index is 0.445. The molecule has 1 N–H and O–H groups in total. The Hall–Kier alpha value is -5.27. The van der Waals surface area contributed by atoms with Gasteiger partial charge in [-0.25, -0.2) is 4.99 Å². The van der Waals surface area contributed by atoms with Crippen LogP contribution < -0.4 is 5.36 Å². The highest BCUT2D eigenvalue weighted by Gasteiger charge is 2.17. The Morgan fingerprint density at radius 1 is 0.400 bits per heavy atom. The van der Waals surface area contributed by atoms with Crippen molar-refractivity contribution in [1.82, 2.24) is 15.2 Å². The lowest BCUT2D eigenvalue weighted by Crippen LogP contribution is -2.06. The molecule has 1 aliphatic rings. The summed E-state index contributed by atoms with van der Waals surface area (Å²) in [6.07, 6.45) is 0. The zero-order valence-corrected chi connectivity index (χ0v) is 26.4. The van der Waals surface area contributed by atoms with Crippen LogP contribution in [0.4, 0.5) is 0 Å². The lowest BCUT2D eigenvalue weighted by Gasteiger charge is -2.16. The largest absolute Gasteiger partial charge is 0.321 e. The maximum absolute atomic E-state index is 5.27. The van der Waals surface area contributed by atoms with Crippen LogP contribution in [0.2, 0.25) is 0 Å². The Morgan fingerprint density at radius 2 is 0.889 bits per heavy atom. The third-order valence-corrected chi connectivity index (χ3v) is 11.0. The second-order valence-electron chi connectivity index (χ2n) is 10.8. The highest BCUT2D eigenvalue weighted by Crippen LogP contribution is 2.43. The highest BCUT2D eigenvalue weighted by atomic mass is 127. The predicted octanol–water partition coefficient (Wildman–Crippen LogP) is 9.85. The molecule has 0 aliphatic carbocycles. The van der Waals surface area contributed by atoms with Crippen LogP contribution in [-0.2, 0) is 0 Å². The molecule has 214 valence electrons. The highest BCUT2D eigenvalue weighted by molar-refractivity contribution is 14.2. The van der Waals surface area contributed by atoms with Crippen molar-refractivity contribution < 1.29 is 0 Å². The van der Waals surface area contributed by atoms with E-state index in [0.29, 0.717) is 0 Å². The van der Waals surface area contributed by atoms with E-state index >= 15 is 0 Å². The van der Waals surface area contributed by atoms with Gasteiger partial charge in [-0.3, -0.25) is 0 Å². The average Bonchev–Trinajstić information content (AvgIpc) is 3.63. The number of nitrogens with zero attached hydrogens (tertiary/aromatic N) is 3. The second kappa shape index (κ2) is 12.0. The number of aromatic nitrogens is 3. The van der Waals surface area contributed by atoms with E-state index in [2.05, 4.69) is 143 Å². The van der Waals surface area contributed by atoms with Crippen molar-refractivity contribution in [3.63, 3.8) is 0 Å². The number of hydrogen-bond donors (Lipinski definition) is 1. The van der Waals surface area contributed by atoms with Crippen molar-refractivity contribution in [1.29, 1.82) is 0 Å². The summed E-state index contributed by atoms with van der Waals surface area (Å²) >= 11 is -0.445. The van der Waals surface area contributed by atoms with E-state index < -0.39 is 20.7 Å². The zero-order valence-electron chi connectivity index (χ0n) is 24.2. The molecular weight excluding hydrogens is 663 g/mol. The smallest absolute Gasteiger partial charge is 0.161 e. The third-order valence-electron chi connectivity index (χ3n) is 7.92. The summed E-state index contributed by atoms with van der Waals surface area (Å²) in [4.78, 5) is 8.62. The molecule has 0 fully saturated rings. The van der Waals surface area contributed by atoms with Crippen LogP contribution in [0.5, 0.6) is 0 Å². The monoisotopic (exact) mass is 690 g/mol. The van der Waals surface area contributed by atoms with E-state index in [1.807, 2.05) is 30.3 Å². The van der Waals surface area contributed by atoms with E-state index in [-0.39, 0.29) is 0 Å². The van der Waals surface area contributed by atoms with Crippen LogP contribution in [0.3, 0.4) is 0 Å². The average molecular weight is 691 g/mol. The Morgan fingerprint density at radius 3 is 1.56 bits per heavy atom. The summed E-state index contributed by atoms with van der Waals surface area (Å²) in [5.74, 6) is 1.52. The van der Waals surface area contributed by atoms with Gasteiger partial charge in [0.2, 0.25) is 0 Å². The molecule has 45 heavy (non-hydrogen) atoms. The molecule has 0 saturated carbocycles. The van der Waals surface area contributed by atoms with Crippen molar-refractivity contribution in [3.05, 3.63) is 177 Å². The predicted molar refractivity (Wildman–Crippen MR) is 192 cm³/mol. The summed E-state index contributed by atoms with van der Waals surface area (Å²) < 4.78 is 2.71. The van der Waals surface area contributed by atoms with Crippen LogP contribution in [0.15, 0.2) is 163 Å². The van der Waals surface area contributed by atoms with E-state index in [1.54, 1.807) is 0 Å². The maximum atomic E-state index is 5.27. The normalized spacial score (nSPS) is 12.4. The number of fused-ring (bicyclic) bond motifs is 1. The molecular formula is C40H27IN4. The topological polar surface area (TPSA) is 53.9 Å². The molecule has 0 atom stereocenters. The lowest BCUT2D eigenvalue weighted by molar-refractivity contribution is 1.10. The van der Waals surface area contributed by atoms with E-state index in [1.165, 1.54) is 23.4 Å². The second-order valence-corrected chi connectivity index (χ2v) is 13.6. The standard InChI is InChI=1S/C40H27IN4/c1-3-11-29(12-4-1)33-15-7-8-16-34(33)37-38(42-36-18-10-9-17-35(36)41-37)30-23-19-27(20-24-30)28-21-25-32(26-22-28)40-43-39(44-45-40)31-13-5-2-6-14-31/h1-26H,(H,43,44,45). The minimum atomic E-state index is -0.445. The number of aromatic amines is 1. The fourth-order valence-corrected chi connectivity index (χ4v) is 8.60. The molecule has 0 unspecified atom stereocenters. The first kappa shape index (κ1) is 27.3. The van der Waals surface area contributed by atoms with E-state index in [4.69, 9.17) is 4.99 Å². The van der Waals surface area contributed by atoms with E-state index in [0.717, 1.165) is 50.5 Å². The Bertz CT molecular complexity index is 2290. The zero-order chi connectivity index (χ0) is 30.0. The van der Waals surface area contributed by atoms with E-state index in [9.17, 15) is 0 Å². The molecule has 1 aliphatic heterocycles. The molecule has 1 aromatic heterocycles. The lowest BCUT2D eigenvalue weighted by atomic mass is 9.97. The number of hydrogen-bond acceptors (Lipinski definition) is 3. The first-order chi connectivity index (χ1) is 22.3. The summed E-state index contributed by atoms with van der Waals surface area (Å²) in [7, 11) is 0. The Balaban J connectivity index is 1.14. The molecule has 4 nitrogen and oxygen atoms in total. The molecule has 8 rings (SSSR count). The Kier molecular flexibility index (Phi) is 7.29. The quantitative estimate of drug-likeness (QED) is 0.177. The summed E-state index contributed by atoms with van der Waals surface area (Å²) in [6.45, 7) is 0. The SMILES string of the molecule is c1ccc(-c2nnc(-c3ccc(-c4ccc(C5=C(c6ccccc6-c6ccccc6)I=c6ccccc6=N5)cc4)cc3)[nH]2)cc1. The summed E-state index contributed by atoms with van der Waals surface area (Å²) in [5.41, 5.74) is 10.3. The van der Waals surface area contributed by atoms with Crippen LogP contribution in [0.25, 0.3) is 54.3 Å². The molecule has 6 aromatic carbocycles. The van der Waals surface area contributed by atoms with Crippen molar-refractivity contribution in [2.24, 2.45) is 4.99 Å². The molecule has 0 bridgehead atoms. The van der Waals surface area contributed by atoms with Gasteiger partial charge < -0.3 is 4.98 Å². The molecule has 0 spiro atoms. The van der Waals surface area contributed by atoms with Crippen molar-refractivity contribution in [3.8, 4) is 45.0 Å². The van der Waals surface area contributed by atoms with Gasteiger partial charge in [0.25, 0.3) is 0 Å². The first-order valence-corrected chi connectivity index (χ1v) is 17.0. The number of para-hydroxylation sites is 1. The third kappa shape index (κ3) is 5.47. The van der Waals surface area contributed by atoms with Crippen LogP contribution >= 0.6 is 20.7 Å². The van der Waals surface area contributed by atoms with Gasteiger partial charge in [-0.05, 0) is 39.9 Å².